The van der Waals surface area contributed by atoms with Crippen LogP contribution in [0.4, 0.5) is 17.5 Å². The van der Waals surface area contributed by atoms with Crippen molar-refractivity contribution in [3.8, 4) is 11.5 Å². The van der Waals surface area contributed by atoms with Gasteiger partial charge in [0.05, 0.1) is 5.52 Å². The van der Waals surface area contributed by atoms with E-state index in [4.69, 9.17) is 31.7 Å². The highest BCUT2D eigenvalue weighted by atomic mass is 32.1. The molecule has 0 amide bonds. The Hall–Kier alpha value is -3.33. The molecule has 8 nitrogen and oxygen atoms in total. The van der Waals surface area contributed by atoms with Gasteiger partial charge in [-0.2, -0.15) is 4.98 Å². The van der Waals surface area contributed by atoms with Crippen LogP contribution in [-0.4, -0.2) is 48.1 Å². The van der Waals surface area contributed by atoms with Crippen LogP contribution in [0.25, 0.3) is 10.9 Å². The van der Waals surface area contributed by atoms with Gasteiger partial charge in [0.1, 0.15) is 5.82 Å². The van der Waals surface area contributed by atoms with Gasteiger partial charge in [0.15, 0.2) is 16.6 Å². The molecule has 1 aromatic heterocycles. The van der Waals surface area contributed by atoms with E-state index in [1.54, 1.807) is 0 Å². The number of fused-ring (bicyclic) bond motifs is 2. The predicted octanol–water partition coefficient (Wildman–Crippen LogP) is 4.13. The first-order valence-electron chi connectivity index (χ1n) is 11.2. The number of benzene rings is 2. The third-order valence-corrected chi connectivity index (χ3v) is 6.25. The zero-order valence-electron chi connectivity index (χ0n) is 18.8. The maximum absolute atomic E-state index is 5.53. The lowest BCUT2D eigenvalue weighted by Crippen LogP contribution is -2.42. The number of anilines is 3. The molecule has 33 heavy (non-hydrogen) atoms. The van der Waals surface area contributed by atoms with Crippen molar-refractivity contribution in [2.75, 3.05) is 36.4 Å². The Labute approximate surface area is 198 Å². The lowest BCUT2D eigenvalue weighted by Gasteiger charge is -2.30. The Kier molecular flexibility index (Phi) is 6.04. The van der Waals surface area contributed by atoms with Crippen molar-refractivity contribution < 1.29 is 9.47 Å². The lowest BCUT2D eigenvalue weighted by molar-refractivity contribution is 0.174. The topological polar surface area (TPSA) is 83.6 Å². The molecule has 0 saturated heterocycles. The molecule has 1 fully saturated rings. The molecule has 2 heterocycles. The largest absolute Gasteiger partial charge is 0.454 e. The molecule has 9 heteroatoms. The van der Waals surface area contributed by atoms with Crippen LogP contribution in [0.2, 0.25) is 0 Å². The second-order valence-corrected chi connectivity index (χ2v) is 9.05. The van der Waals surface area contributed by atoms with E-state index in [0.717, 1.165) is 59.6 Å². The number of thiocarbonyl (C=S) groups is 1. The van der Waals surface area contributed by atoms with Gasteiger partial charge in [-0.3, -0.25) is 0 Å². The standard InChI is InChI=1S/C24H28N6O2S/c1-30(2)22-18-5-3-4-6-19(18)28-23(29-22)25-15-7-9-16(10-8-15)26-24(33)27-17-11-12-20-21(13-17)32-14-31-20/h3-6,11-13,15-16H,7-10,14H2,1-2H3,(H,25,28,29)(H2,26,27,33)/t15-,16+. The molecule has 0 spiro atoms. The zero-order valence-corrected chi connectivity index (χ0v) is 19.6. The second kappa shape index (κ2) is 9.27. The summed E-state index contributed by atoms with van der Waals surface area (Å²) in [6.07, 6.45) is 4.10. The summed E-state index contributed by atoms with van der Waals surface area (Å²) in [5, 5.41) is 11.9. The first kappa shape index (κ1) is 21.5. The van der Waals surface area contributed by atoms with Crippen molar-refractivity contribution in [1.82, 2.24) is 15.3 Å². The Balaban J connectivity index is 1.15. The lowest BCUT2D eigenvalue weighted by atomic mass is 9.91. The molecule has 3 aromatic rings. The highest BCUT2D eigenvalue weighted by Gasteiger charge is 2.23. The molecular weight excluding hydrogens is 436 g/mol. The van der Waals surface area contributed by atoms with E-state index in [0.29, 0.717) is 23.1 Å². The van der Waals surface area contributed by atoms with Gasteiger partial charge in [0, 0.05) is 43.3 Å². The third kappa shape index (κ3) is 4.88. The fourth-order valence-electron chi connectivity index (χ4n) is 4.36. The van der Waals surface area contributed by atoms with Crippen LogP contribution < -0.4 is 30.3 Å². The average Bonchev–Trinajstić information content (AvgIpc) is 3.27. The third-order valence-electron chi connectivity index (χ3n) is 6.03. The number of ether oxygens (including phenoxy) is 2. The quantitative estimate of drug-likeness (QED) is 0.483. The molecule has 1 aliphatic carbocycles. The van der Waals surface area contributed by atoms with Gasteiger partial charge >= 0.3 is 0 Å². The van der Waals surface area contributed by atoms with Crippen molar-refractivity contribution in [3.05, 3.63) is 42.5 Å². The molecule has 1 saturated carbocycles. The van der Waals surface area contributed by atoms with Crippen LogP contribution in [0.3, 0.4) is 0 Å². The van der Waals surface area contributed by atoms with E-state index < -0.39 is 0 Å². The molecule has 0 radical (unpaired) electrons. The van der Waals surface area contributed by atoms with E-state index in [1.807, 2.05) is 55.4 Å². The molecule has 1 aliphatic heterocycles. The summed E-state index contributed by atoms with van der Waals surface area (Å²) in [6.45, 7) is 0.263. The fourth-order valence-corrected chi connectivity index (χ4v) is 4.64. The summed E-state index contributed by atoms with van der Waals surface area (Å²) in [5.41, 5.74) is 1.84. The number of hydrogen-bond donors (Lipinski definition) is 3. The van der Waals surface area contributed by atoms with Gasteiger partial charge < -0.3 is 30.3 Å². The average molecular weight is 465 g/mol. The highest BCUT2D eigenvalue weighted by Crippen LogP contribution is 2.34. The van der Waals surface area contributed by atoms with Crippen LogP contribution in [0, 0.1) is 0 Å². The van der Waals surface area contributed by atoms with Gasteiger partial charge in [-0.05, 0) is 62.2 Å². The summed E-state index contributed by atoms with van der Waals surface area (Å²) >= 11 is 5.53. The second-order valence-electron chi connectivity index (χ2n) is 8.64. The van der Waals surface area contributed by atoms with E-state index in [1.165, 1.54) is 0 Å². The monoisotopic (exact) mass is 464 g/mol. The number of hydrogen-bond acceptors (Lipinski definition) is 7. The molecule has 2 aliphatic rings. The number of rotatable bonds is 5. The van der Waals surface area contributed by atoms with Gasteiger partial charge in [-0.25, -0.2) is 4.98 Å². The summed E-state index contributed by atoms with van der Waals surface area (Å²) < 4.78 is 10.8. The van der Waals surface area contributed by atoms with E-state index >= 15 is 0 Å². The summed E-state index contributed by atoms with van der Waals surface area (Å²) in [7, 11) is 4.02. The molecule has 172 valence electrons. The van der Waals surface area contributed by atoms with Crippen LogP contribution in [0.5, 0.6) is 11.5 Å². The number of para-hydroxylation sites is 1. The van der Waals surface area contributed by atoms with E-state index in [2.05, 4.69) is 22.0 Å². The van der Waals surface area contributed by atoms with Crippen molar-refractivity contribution >= 4 is 45.7 Å². The SMILES string of the molecule is CN(C)c1nc(N[C@H]2CC[C@@H](NC(=S)Nc3ccc4c(c3)OCO4)CC2)nc2ccccc12. The molecule has 0 atom stereocenters. The summed E-state index contributed by atoms with van der Waals surface area (Å²) in [5.74, 6) is 3.12. The molecule has 2 aromatic carbocycles. The van der Waals surface area contributed by atoms with Crippen LogP contribution in [0.15, 0.2) is 42.5 Å². The van der Waals surface area contributed by atoms with Crippen molar-refractivity contribution in [2.45, 2.75) is 37.8 Å². The Morgan fingerprint density at radius 3 is 2.55 bits per heavy atom. The maximum Gasteiger partial charge on any atom is 0.231 e. The minimum absolute atomic E-state index is 0.263. The van der Waals surface area contributed by atoms with Gasteiger partial charge in [0.25, 0.3) is 0 Å². The van der Waals surface area contributed by atoms with Crippen molar-refractivity contribution in [1.29, 1.82) is 0 Å². The van der Waals surface area contributed by atoms with Crippen molar-refractivity contribution in [2.24, 2.45) is 0 Å². The zero-order chi connectivity index (χ0) is 22.8. The normalized spacial score (nSPS) is 19.2. The fraction of sp³-hybridized carbons (Fsp3) is 0.375. The summed E-state index contributed by atoms with van der Waals surface area (Å²) in [6, 6.07) is 14.5. The van der Waals surface area contributed by atoms with Crippen LogP contribution in [-0.2, 0) is 0 Å². The van der Waals surface area contributed by atoms with Gasteiger partial charge in [0.2, 0.25) is 12.7 Å². The Morgan fingerprint density at radius 2 is 1.73 bits per heavy atom. The van der Waals surface area contributed by atoms with Crippen molar-refractivity contribution in [3.63, 3.8) is 0 Å². The highest BCUT2D eigenvalue weighted by molar-refractivity contribution is 7.80. The van der Waals surface area contributed by atoms with E-state index in [9.17, 15) is 0 Å². The first-order valence-corrected chi connectivity index (χ1v) is 11.6. The predicted molar refractivity (Wildman–Crippen MR) is 135 cm³/mol. The Bertz CT molecular complexity index is 1160. The molecule has 5 rings (SSSR count). The molecule has 0 unspecified atom stereocenters. The number of nitrogens with one attached hydrogen (secondary N) is 3. The Morgan fingerprint density at radius 1 is 0.970 bits per heavy atom. The smallest absolute Gasteiger partial charge is 0.231 e. The van der Waals surface area contributed by atoms with Crippen LogP contribution in [0.1, 0.15) is 25.7 Å². The van der Waals surface area contributed by atoms with Crippen LogP contribution >= 0.6 is 12.2 Å². The molecule has 3 N–H and O–H groups in total. The van der Waals surface area contributed by atoms with Gasteiger partial charge in [-0.15, -0.1) is 0 Å². The minimum atomic E-state index is 0.263. The minimum Gasteiger partial charge on any atom is -0.454 e. The molecule has 0 bridgehead atoms. The number of aromatic nitrogens is 2. The first-order chi connectivity index (χ1) is 16.0. The number of nitrogens with zero attached hydrogens (tertiary/aromatic N) is 3. The molecular formula is C24H28N6O2S. The van der Waals surface area contributed by atoms with Gasteiger partial charge in [-0.1, -0.05) is 12.1 Å². The summed E-state index contributed by atoms with van der Waals surface area (Å²) in [4.78, 5) is 11.5. The van der Waals surface area contributed by atoms with E-state index in [-0.39, 0.29) is 6.79 Å². The maximum atomic E-state index is 5.53.